The van der Waals surface area contributed by atoms with Gasteiger partial charge in [0.2, 0.25) is 0 Å². The minimum atomic E-state index is -0.232. The van der Waals surface area contributed by atoms with E-state index in [2.05, 4.69) is 0 Å². The molecule has 0 bridgehead atoms. The number of esters is 1. The Labute approximate surface area is 108 Å². The first-order valence-corrected chi connectivity index (χ1v) is 6.19. The van der Waals surface area contributed by atoms with Crippen LogP contribution in [0, 0.1) is 0 Å². The van der Waals surface area contributed by atoms with E-state index >= 15 is 0 Å². The van der Waals surface area contributed by atoms with Crippen molar-refractivity contribution in [2.45, 2.75) is 13.3 Å². The molecule has 0 fully saturated rings. The second-order valence-electron chi connectivity index (χ2n) is 3.38. The fraction of sp³-hybridized carbons (Fsp3) is 0.917. The Balaban J connectivity index is 3.01. The molecule has 0 saturated heterocycles. The fourth-order valence-electron chi connectivity index (χ4n) is 1.07. The molecule has 0 saturated carbocycles. The lowest BCUT2D eigenvalue weighted by Crippen LogP contribution is -2.13. The van der Waals surface area contributed by atoms with Crippen LogP contribution >= 0.6 is 0 Å². The van der Waals surface area contributed by atoms with Crippen molar-refractivity contribution in [1.82, 2.24) is 0 Å². The molecule has 6 heteroatoms. The average Bonchev–Trinajstić information content (AvgIpc) is 2.36. The molecule has 6 nitrogen and oxygen atoms in total. The highest BCUT2D eigenvalue weighted by Gasteiger charge is 2.00. The lowest BCUT2D eigenvalue weighted by molar-refractivity contribution is -0.144. The Kier molecular flexibility index (Phi) is 13.8. The summed E-state index contributed by atoms with van der Waals surface area (Å²) in [5, 5.41) is 0. The van der Waals surface area contributed by atoms with Crippen molar-refractivity contribution in [2.75, 3.05) is 60.0 Å². The highest BCUT2D eigenvalue weighted by atomic mass is 16.6. The maximum atomic E-state index is 10.9. The number of ether oxygens (including phenoxy) is 5. The molecule has 0 aliphatic rings. The quantitative estimate of drug-likeness (QED) is 0.359. The summed E-state index contributed by atoms with van der Waals surface area (Å²) < 4.78 is 25.3. The third kappa shape index (κ3) is 13.4. The van der Waals surface area contributed by atoms with Gasteiger partial charge in [-0.1, -0.05) is 0 Å². The maximum absolute atomic E-state index is 10.9. The molecule has 0 spiro atoms. The zero-order chi connectivity index (χ0) is 13.5. The summed E-state index contributed by atoms with van der Waals surface area (Å²) in [6.07, 6.45) is 0.286. The molecule has 0 heterocycles. The molecule has 0 amide bonds. The molecule has 0 aliphatic heterocycles. The second kappa shape index (κ2) is 14.4. The number of hydrogen-bond donors (Lipinski definition) is 0. The molecular formula is C12H24O6. The van der Waals surface area contributed by atoms with E-state index in [9.17, 15) is 4.79 Å². The van der Waals surface area contributed by atoms with Crippen LogP contribution in [0.3, 0.4) is 0 Å². The minimum absolute atomic E-state index is 0.232. The van der Waals surface area contributed by atoms with Crippen LogP contribution in [-0.4, -0.2) is 65.9 Å². The van der Waals surface area contributed by atoms with Gasteiger partial charge in [-0.2, -0.15) is 0 Å². The van der Waals surface area contributed by atoms with Gasteiger partial charge in [-0.25, -0.2) is 0 Å². The molecule has 0 radical (unpaired) electrons. The van der Waals surface area contributed by atoms with Gasteiger partial charge in [-0.3, -0.25) is 4.79 Å². The van der Waals surface area contributed by atoms with Crippen molar-refractivity contribution in [3.05, 3.63) is 0 Å². The zero-order valence-electron chi connectivity index (χ0n) is 11.3. The molecular weight excluding hydrogens is 240 g/mol. The van der Waals surface area contributed by atoms with Crippen LogP contribution in [0.25, 0.3) is 0 Å². The Morgan fingerprint density at radius 2 is 1.33 bits per heavy atom. The first-order chi connectivity index (χ1) is 8.81. The highest BCUT2D eigenvalue weighted by molar-refractivity contribution is 5.69. The normalized spacial score (nSPS) is 10.6. The Hall–Kier alpha value is -0.690. The van der Waals surface area contributed by atoms with E-state index in [0.717, 1.165) is 0 Å². The summed E-state index contributed by atoms with van der Waals surface area (Å²) >= 11 is 0. The monoisotopic (exact) mass is 264 g/mol. The number of hydrogen-bond acceptors (Lipinski definition) is 6. The molecule has 0 atom stereocenters. The lowest BCUT2D eigenvalue weighted by Gasteiger charge is -2.06. The molecule has 0 unspecified atom stereocenters. The van der Waals surface area contributed by atoms with E-state index in [1.54, 1.807) is 14.0 Å². The van der Waals surface area contributed by atoms with Crippen LogP contribution in [0.2, 0.25) is 0 Å². The van der Waals surface area contributed by atoms with Gasteiger partial charge in [-0.15, -0.1) is 0 Å². The maximum Gasteiger partial charge on any atom is 0.308 e. The van der Waals surface area contributed by atoms with Crippen molar-refractivity contribution >= 4 is 5.97 Å². The summed E-state index contributed by atoms with van der Waals surface area (Å²) in [5.74, 6) is -0.232. The first-order valence-electron chi connectivity index (χ1n) is 6.19. The predicted molar refractivity (Wildman–Crippen MR) is 65.6 cm³/mol. The summed E-state index contributed by atoms with van der Waals surface area (Å²) in [7, 11) is 1.63. The molecule has 0 aromatic heterocycles. The molecule has 108 valence electrons. The van der Waals surface area contributed by atoms with Crippen molar-refractivity contribution in [3.8, 4) is 0 Å². The van der Waals surface area contributed by atoms with E-state index in [1.165, 1.54) is 0 Å². The first kappa shape index (κ1) is 17.3. The molecule has 0 aromatic carbocycles. The second-order valence-corrected chi connectivity index (χ2v) is 3.38. The van der Waals surface area contributed by atoms with E-state index in [1.807, 2.05) is 0 Å². The van der Waals surface area contributed by atoms with Gasteiger partial charge in [-0.05, 0) is 6.92 Å². The van der Waals surface area contributed by atoms with Crippen LogP contribution in [-0.2, 0) is 28.5 Å². The molecule has 0 aromatic rings. The topological polar surface area (TPSA) is 63.2 Å². The van der Waals surface area contributed by atoms with Crippen LogP contribution < -0.4 is 0 Å². The SMILES string of the molecule is CCOC(=O)CCOCCOCCOCCOC. The summed E-state index contributed by atoms with van der Waals surface area (Å²) in [4.78, 5) is 10.9. The average molecular weight is 264 g/mol. The Bertz CT molecular complexity index is 185. The highest BCUT2D eigenvalue weighted by Crippen LogP contribution is 1.88. The fourth-order valence-corrected chi connectivity index (χ4v) is 1.07. The summed E-state index contributed by atoms with van der Waals surface area (Å²) in [5.41, 5.74) is 0. The van der Waals surface area contributed by atoms with Crippen molar-refractivity contribution < 1.29 is 28.5 Å². The van der Waals surface area contributed by atoms with Gasteiger partial charge >= 0.3 is 5.97 Å². The molecule has 0 aliphatic carbocycles. The number of rotatable bonds is 13. The van der Waals surface area contributed by atoms with Crippen molar-refractivity contribution in [2.24, 2.45) is 0 Å². The summed E-state index contributed by atoms with van der Waals surface area (Å²) in [6.45, 7) is 5.77. The third-order valence-corrected chi connectivity index (χ3v) is 1.93. The van der Waals surface area contributed by atoms with Crippen LogP contribution in [0.15, 0.2) is 0 Å². The van der Waals surface area contributed by atoms with Crippen molar-refractivity contribution in [3.63, 3.8) is 0 Å². The van der Waals surface area contributed by atoms with Gasteiger partial charge in [0, 0.05) is 7.11 Å². The number of carbonyl (C=O) groups is 1. The standard InChI is InChI=1S/C12H24O6/c1-3-18-12(13)4-5-15-8-9-17-11-10-16-7-6-14-2/h3-11H2,1-2H3. The van der Waals surface area contributed by atoms with Gasteiger partial charge in [0.15, 0.2) is 0 Å². The predicted octanol–water partition coefficient (Wildman–Crippen LogP) is 0.636. The van der Waals surface area contributed by atoms with E-state index in [0.29, 0.717) is 52.9 Å². The van der Waals surface area contributed by atoms with Crippen LogP contribution in [0.5, 0.6) is 0 Å². The van der Waals surface area contributed by atoms with E-state index in [-0.39, 0.29) is 12.4 Å². The molecule has 0 rings (SSSR count). The molecule has 0 N–H and O–H groups in total. The van der Waals surface area contributed by atoms with Gasteiger partial charge in [0.05, 0.1) is 59.3 Å². The summed E-state index contributed by atoms with van der Waals surface area (Å²) in [6, 6.07) is 0. The molecule has 18 heavy (non-hydrogen) atoms. The van der Waals surface area contributed by atoms with Gasteiger partial charge in [0.25, 0.3) is 0 Å². The smallest absolute Gasteiger partial charge is 0.308 e. The van der Waals surface area contributed by atoms with Gasteiger partial charge < -0.3 is 23.7 Å². The van der Waals surface area contributed by atoms with Crippen LogP contribution in [0.1, 0.15) is 13.3 Å². The van der Waals surface area contributed by atoms with Gasteiger partial charge in [0.1, 0.15) is 0 Å². The number of methoxy groups -OCH3 is 1. The Morgan fingerprint density at radius 3 is 1.83 bits per heavy atom. The van der Waals surface area contributed by atoms with Crippen LogP contribution in [0.4, 0.5) is 0 Å². The lowest BCUT2D eigenvalue weighted by atomic mass is 10.5. The van der Waals surface area contributed by atoms with E-state index in [4.69, 9.17) is 23.7 Å². The zero-order valence-corrected chi connectivity index (χ0v) is 11.3. The Morgan fingerprint density at radius 1 is 0.833 bits per heavy atom. The minimum Gasteiger partial charge on any atom is -0.466 e. The third-order valence-electron chi connectivity index (χ3n) is 1.93. The van der Waals surface area contributed by atoms with E-state index < -0.39 is 0 Å². The van der Waals surface area contributed by atoms with Crippen molar-refractivity contribution in [1.29, 1.82) is 0 Å². The number of carbonyl (C=O) groups excluding carboxylic acids is 1. The largest absolute Gasteiger partial charge is 0.466 e.